The highest BCUT2D eigenvalue weighted by atomic mass is 32.2. The van der Waals surface area contributed by atoms with Crippen molar-refractivity contribution >= 4 is 26.7 Å². The number of hydrogen-bond acceptors (Lipinski definition) is 5. The summed E-state index contributed by atoms with van der Waals surface area (Å²) in [7, 11) is -2.25. The number of rotatable bonds is 5. The average molecular weight is 472 g/mol. The molecule has 2 aliphatic rings. The van der Waals surface area contributed by atoms with Crippen LogP contribution in [0.5, 0.6) is 5.75 Å². The number of likely N-dealkylation sites (tertiary alicyclic amines) is 1. The molecule has 0 saturated carbocycles. The van der Waals surface area contributed by atoms with Crippen LogP contribution in [0.15, 0.2) is 58.5 Å². The molecule has 1 saturated heterocycles. The van der Waals surface area contributed by atoms with Gasteiger partial charge in [0.2, 0.25) is 5.91 Å². The Morgan fingerprint density at radius 1 is 1.12 bits per heavy atom. The van der Waals surface area contributed by atoms with Crippen molar-refractivity contribution in [2.45, 2.75) is 26.3 Å². The van der Waals surface area contributed by atoms with Crippen molar-refractivity contribution in [2.24, 2.45) is 10.3 Å². The van der Waals surface area contributed by atoms with Crippen LogP contribution in [-0.4, -0.2) is 45.3 Å². The summed E-state index contributed by atoms with van der Waals surface area (Å²) in [5.74, 6) is 0.574. The second-order valence-electron chi connectivity index (χ2n) is 8.18. The van der Waals surface area contributed by atoms with Crippen molar-refractivity contribution in [3.05, 3.63) is 71.0 Å². The van der Waals surface area contributed by atoms with Crippen molar-refractivity contribution < 1.29 is 22.3 Å². The third-order valence-corrected chi connectivity index (χ3v) is 7.51. The highest BCUT2D eigenvalue weighted by Gasteiger charge is 2.35. The smallest absolute Gasteiger partial charge is 0.285 e. The van der Waals surface area contributed by atoms with Gasteiger partial charge < -0.3 is 15.0 Å². The molecule has 2 aromatic carbocycles. The van der Waals surface area contributed by atoms with E-state index in [4.69, 9.17) is 4.74 Å². The van der Waals surface area contributed by atoms with Gasteiger partial charge >= 0.3 is 0 Å². The van der Waals surface area contributed by atoms with Crippen LogP contribution in [0.4, 0.5) is 4.39 Å². The zero-order chi connectivity index (χ0) is 23.6. The second-order valence-corrected chi connectivity index (χ2v) is 9.72. The minimum Gasteiger partial charge on any atom is -0.497 e. The van der Waals surface area contributed by atoms with Crippen LogP contribution >= 0.6 is 0 Å². The van der Waals surface area contributed by atoms with Gasteiger partial charge in [0.15, 0.2) is 0 Å². The lowest BCUT2D eigenvalue weighted by Crippen LogP contribution is -2.43. The van der Waals surface area contributed by atoms with Crippen molar-refractivity contribution in [2.75, 3.05) is 20.2 Å². The molecular weight excluding hydrogens is 445 g/mol. The molecule has 1 amide bonds. The summed E-state index contributed by atoms with van der Waals surface area (Å²) in [6, 6.07) is 12.9. The van der Waals surface area contributed by atoms with E-state index in [-0.39, 0.29) is 22.5 Å². The molecule has 2 heterocycles. The third kappa shape index (κ3) is 4.93. The Kier molecular flexibility index (Phi) is 6.51. The number of methoxy groups -OCH3 is 1. The number of carbonyl (C=O) groups is 1. The molecule has 0 atom stereocenters. The number of benzene rings is 2. The first-order valence-electron chi connectivity index (χ1n) is 10.8. The van der Waals surface area contributed by atoms with Crippen LogP contribution < -0.4 is 10.1 Å². The van der Waals surface area contributed by atoms with Gasteiger partial charge in [-0.25, -0.2) is 4.39 Å². The highest BCUT2D eigenvalue weighted by molar-refractivity contribution is 8.00. The van der Waals surface area contributed by atoms with Gasteiger partial charge in [-0.3, -0.25) is 4.79 Å². The molecule has 174 valence electrons. The molecule has 0 aliphatic carbocycles. The molecule has 0 unspecified atom stereocenters. The predicted octanol–water partition coefficient (Wildman–Crippen LogP) is 3.34. The molecule has 1 N–H and O–H groups in total. The Morgan fingerprint density at radius 3 is 2.36 bits per heavy atom. The maximum atomic E-state index is 13.0. The van der Waals surface area contributed by atoms with E-state index in [0.717, 1.165) is 5.56 Å². The molecule has 0 bridgehead atoms. The second kappa shape index (κ2) is 9.35. The van der Waals surface area contributed by atoms with E-state index in [1.165, 1.54) is 12.1 Å². The number of amides is 1. The number of sulfonamides is 1. The Morgan fingerprint density at radius 2 is 1.76 bits per heavy atom. The lowest BCUT2D eigenvalue weighted by molar-refractivity contribution is -0.126. The van der Waals surface area contributed by atoms with Crippen molar-refractivity contribution in [3.8, 4) is 5.75 Å². The number of halogens is 1. The van der Waals surface area contributed by atoms with Crippen molar-refractivity contribution in [3.63, 3.8) is 0 Å². The summed E-state index contributed by atoms with van der Waals surface area (Å²) in [4.78, 5) is 14.7. The van der Waals surface area contributed by atoms with Gasteiger partial charge in [0.1, 0.15) is 22.3 Å². The number of nitrogens with one attached hydrogen (secondary N) is 1. The average Bonchev–Trinajstić information content (AvgIpc) is 3.07. The van der Waals surface area contributed by atoms with Gasteiger partial charge in [-0.05, 0) is 67.3 Å². The van der Waals surface area contributed by atoms with Crippen LogP contribution in [0.25, 0.3) is 4.91 Å². The van der Waals surface area contributed by atoms with Crippen LogP contribution in [-0.2, 0) is 21.4 Å². The molecular formula is C24H26FN3O4S. The van der Waals surface area contributed by atoms with Crippen LogP contribution in [0, 0.1) is 11.7 Å². The molecule has 2 aromatic rings. The Bertz CT molecular complexity index is 1200. The highest BCUT2D eigenvalue weighted by Crippen LogP contribution is 2.35. The van der Waals surface area contributed by atoms with Crippen LogP contribution in [0.3, 0.4) is 0 Å². The molecule has 4 rings (SSSR count). The standard InChI is InChI=1S/C24H26FN3O4S/c1-16-22(18-5-9-21(32-2)10-6-18)33(30,31)27-23(16)28-13-11-19(12-14-28)24(29)26-15-17-3-7-20(25)8-4-17/h3-10,19H,11-15H2,1-2H3,(H,26,29). The van der Waals surface area contributed by atoms with E-state index in [1.807, 2.05) is 4.90 Å². The number of carbonyl (C=O) groups excluding carboxylic acids is 1. The minimum atomic E-state index is -3.80. The molecule has 7 nitrogen and oxygen atoms in total. The zero-order valence-corrected chi connectivity index (χ0v) is 19.4. The summed E-state index contributed by atoms with van der Waals surface area (Å²) in [5, 5.41) is 2.91. The number of piperidine rings is 1. The van der Waals surface area contributed by atoms with Crippen molar-refractivity contribution in [1.29, 1.82) is 0 Å². The van der Waals surface area contributed by atoms with E-state index in [0.29, 0.717) is 55.2 Å². The van der Waals surface area contributed by atoms with E-state index in [1.54, 1.807) is 50.4 Å². The van der Waals surface area contributed by atoms with E-state index < -0.39 is 10.0 Å². The number of ether oxygens (including phenoxy) is 1. The summed E-state index contributed by atoms with van der Waals surface area (Å²) in [5.41, 5.74) is 2.01. The molecule has 2 aliphatic heterocycles. The third-order valence-electron chi connectivity index (χ3n) is 6.04. The molecule has 33 heavy (non-hydrogen) atoms. The topological polar surface area (TPSA) is 88.1 Å². The molecule has 0 spiro atoms. The quantitative estimate of drug-likeness (QED) is 0.723. The number of nitrogens with zero attached hydrogens (tertiary/aromatic N) is 2. The molecule has 1 fully saturated rings. The summed E-state index contributed by atoms with van der Waals surface area (Å²) >= 11 is 0. The van der Waals surface area contributed by atoms with Gasteiger partial charge in [0, 0.05) is 31.1 Å². The number of hydrogen-bond donors (Lipinski definition) is 1. The summed E-state index contributed by atoms with van der Waals surface area (Å²) in [6.07, 6.45) is 1.19. The number of amidine groups is 1. The largest absolute Gasteiger partial charge is 0.497 e. The first-order valence-corrected chi connectivity index (χ1v) is 12.2. The normalized spacial score (nSPS) is 18.3. The Hall–Kier alpha value is -3.20. The molecule has 0 aromatic heterocycles. The van der Waals surface area contributed by atoms with Gasteiger partial charge in [0.25, 0.3) is 10.0 Å². The monoisotopic (exact) mass is 471 g/mol. The Labute approximate surface area is 193 Å². The Balaban J connectivity index is 1.40. The van der Waals surface area contributed by atoms with Crippen LogP contribution in [0.2, 0.25) is 0 Å². The fourth-order valence-corrected chi connectivity index (χ4v) is 5.70. The molecule has 9 heteroatoms. The van der Waals surface area contributed by atoms with Gasteiger partial charge in [0.05, 0.1) is 7.11 Å². The lowest BCUT2D eigenvalue weighted by atomic mass is 9.95. The fraction of sp³-hybridized carbons (Fsp3) is 0.333. The first-order chi connectivity index (χ1) is 15.8. The van der Waals surface area contributed by atoms with E-state index >= 15 is 0 Å². The first kappa shape index (κ1) is 23.0. The molecule has 0 radical (unpaired) electrons. The predicted molar refractivity (Wildman–Crippen MR) is 124 cm³/mol. The maximum Gasteiger partial charge on any atom is 0.285 e. The van der Waals surface area contributed by atoms with Crippen molar-refractivity contribution in [1.82, 2.24) is 10.2 Å². The van der Waals surface area contributed by atoms with E-state index in [2.05, 4.69) is 9.71 Å². The summed E-state index contributed by atoms with van der Waals surface area (Å²) < 4.78 is 47.8. The minimum absolute atomic E-state index is 0.0499. The van der Waals surface area contributed by atoms with Gasteiger partial charge in [-0.2, -0.15) is 8.42 Å². The maximum absolute atomic E-state index is 13.0. The lowest BCUT2D eigenvalue weighted by Gasteiger charge is -2.32. The zero-order valence-electron chi connectivity index (χ0n) is 18.5. The van der Waals surface area contributed by atoms with Gasteiger partial charge in [-0.15, -0.1) is 4.40 Å². The van der Waals surface area contributed by atoms with Crippen LogP contribution in [0.1, 0.15) is 30.9 Å². The fourth-order valence-electron chi connectivity index (χ4n) is 4.21. The van der Waals surface area contributed by atoms with Gasteiger partial charge in [-0.1, -0.05) is 12.1 Å². The SMILES string of the molecule is COc1ccc(C2=C(C)C(N3CCC(C(=O)NCc4ccc(F)cc4)CC3)=NS2(=O)=O)cc1. The van der Waals surface area contributed by atoms with E-state index in [9.17, 15) is 17.6 Å². The summed E-state index contributed by atoms with van der Waals surface area (Å²) in [6.45, 7) is 3.19.